The van der Waals surface area contributed by atoms with E-state index in [9.17, 15) is 13.2 Å². The van der Waals surface area contributed by atoms with Crippen molar-refractivity contribution < 1.29 is 13.2 Å². The van der Waals surface area contributed by atoms with Crippen molar-refractivity contribution in [3.63, 3.8) is 0 Å². The smallest absolute Gasteiger partial charge is 0.144 e. The van der Waals surface area contributed by atoms with Crippen LogP contribution in [0.3, 0.4) is 0 Å². The van der Waals surface area contributed by atoms with Gasteiger partial charge < -0.3 is 0 Å². The van der Waals surface area contributed by atoms with Gasteiger partial charge in [-0.3, -0.25) is 0 Å². The van der Waals surface area contributed by atoms with Crippen LogP contribution in [0.5, 0.6) is 0 Å². The molecule has 252 valence electrons. The van der Waals surface area contributed by atoms with Gasteiger partial charge in [-0.15, -0.1) is 0 Å². The summed E-state index contributed by atoms with van der Waals surface area (Å²) in [5.74, 6) is 2.02. The predicted molar refractivity (Wildman–Crippen MR) is 184 cm³/mol. The first-order valence-electron chi connectivity index (χ1n) is 17.7. The van der Waals surface area contributed by atoms with Gasteiger partial charge in [-0.05, 0) is 127 Å². The van der Waals surface area contributed by atoms with E-state index in [-0.39, 0.29) is 17.3 Å². The van der Waals surface area contributed by atoms with E-state index in [0.29, 0.717) is 17.4 Å². The third-order valence-corrected chi connectivity index (χ3v) is 10.8. The van der Waals surface area contributed by atoms with E-state index in [0.717, 1.165) is 67.4 Å². The maximum Gasteiger partial charge on any atom is 0.144 e. The van der Waals surface area contributed by atoms with Crippen LogP contribution in [0.15, 0.2) is 54.6 Å². The average Bonchev–Trinajstić information content (AvgIpc) is 3.10. The van der Waals surface area contributed by atoms with Crippen LogP contribution in [0.2, 0.25) is 0 Å². The zero-order chi connectivity index (χ0) is 34.6. The second-order valence-electron chi connectivity index (χ2n) is 14.4. The van der Waals surface area contributed by atoms with Gasteiger partial charge in [0.05, 0.1) is 17.2 Å². The number of rotatable bonds is 3. The van der Waals surface area contributed by atoms with E-state index in [2.05, 4.69) is 39.0 Å². The second kappa shape index (κ2) is 17.9. The highest BCUT2D eigenvalue weighted by atomic mass is 19.1. The molecule has 6 rings (SSSR count). The summed E-state index contributed by atoms with van der Waals surface area (Å²) >= 11 is 0. The van der Waals surface area contributed by atoms with Crippen LogP contribution in [0.25, 0.3) is 0 Å². The number of nitriles is 3. The molecule has 0 aliphatic heterocycles. The van der Waals surface area contributed by atoms with E-state index in [1.807, 2.05) is 24.3 Å². The summed E-state index contributed by atoms with van der Waals surface area (Å²) in [6.07, 6.45) is 14.2. The molecule has 6 heteroatoms. The van der Waals surface area contributed by atoms with Crippen LogP contribution in [0.1, 0.15) is 149 Å². The van der Waals surface area contributed by atoms with E-state index in [1.165, 1.54) is 56.2 Å². The summed E-state index contributed by atoms with van der Waals surface area (Å²) < 4.78 is 40.4. The fraction of sp³-hybridized carbons (Fsp3) is 0.500. The molecule has 0 spiro atoms. The highest BCUT2D eigenvalue weighted by Crippen LogP contribution is 2.38. The topological polar surface area (TPSA) is 71.4 Å². The van der Waals surface area contributed by atoms with Crippen LogP contribution in [-0.2, 0) is 0 Å². The summed E-state index contributed by atoms with van der Waals surface area (Å²) in [6, 6.07) is 21.4. The Labute approximate surface area is 285 Å². The zero-order valence-electron chi connectivity index (χ0n) is 28.6. The molecule has 0 aromatic heterocycles. The summed E-state index contributed by atoms with van der Waals surface area (Å²) in [5.41, 5.74) is 3.61. The van der Waals surface area contributed by atoms with Crippen LogP contribution in [0.4, 0.5) is 13.2 Å². The van der Waals surface area contributed by atoms with Crippen molar-refractivity contribution in [1.82, 2.24) is 0 Å². The lowest BCUT2D eigenvalue weighted by atomic mass is 9.79. The normalized spacial score (nSPS) is 25.1. The average molecular weight is 652 g/mol. The molecule has 0 radical (unpaired) electrons. The Morgan fingerprint density at radius 2 is 0.854 bits per heavy atom. The van der Waals surface area contributed by atoms with Gasteiger partial charge in [0.25, 0.3) is 0 Å². The molecule has 3 aromatic carbocycles. The summed E-state index contributed by atoms with van der Waals surface area (Å²) in [4.78, 5) is 0. The number of benzene rings is 3. The highest BCUT2D eigenvalue weighted by Gasteiger charge is 2.23. The molecule has 0 saturated heterocycles. The molecular weight excluding hydrogens is 603 g/mol. The summed E-state index contributed by atoms with van der Waals surface area (Å²) in [5, 5.41) is 26.0. The molecule has 0 N–H and O–H groups in total. The Morgan fingerprint density at radius 3 is 1.25 bits per heavy atom. The molecule has 3 aliphatic rings. The fourth-order valence-corrected chi connectivity index (χ4v) is 7.42. The molecule has 3 nitrogen and oxygen atoms in total. The molecular formula is C42H48F3N3. The van der Waals surface area contributed by atoms with E-state index < -0.39 is 17.2 Å². The van der Waals surface area contributed by atoms with E-state index in [1.54, 1.807) is 18.2 Å². The minimum atomic E-state index is -0.735. The van der Waals surface area contributed by atoms with Gasteiger partial charge in [0.15, 0.2) is 0 Å². The summed E-state index contributed by atoms with van der Waals surface area (Å²) in [6.45, 7) is 6.82. The maximum absolute atomic E-state index is 13.5. The second-order valence-corrected chi connectivity index (χ2v) is 14.4. The monoisotopic (exact) mass is 651 g/mol. The predicted octanol–water partition coefficient (Wildman–Crippen LogP) is 12.0. The van der Waals surface area contributed by atoms with E-state index >= 15 is 0 Å². The van der Waals surface area contributed by atoms with Gasteiger partial charge >= 0.3 is 0 Å². The van der Waals surface area contributed by atoms with Gasteiger partial charge in [0.1, 0.15) is 35.2 Å². The standard InChI is InChI=1S/C14H15F2N.C14H16FN.C14H17N/c1-9-2-4-10(5-3-9)11-6-13(15)12(8-17)14(16)7-11;1-10-2-4-11(5-3-10)12-6-7-13(9-16)14(15)8-12;1-11-2-6-13(7-3-11)14-8-4-12(10-15)5-9-14/h6-7,9-10H,2-5H2,1H3;6-8,10-11H,2-5H2,1H3;4-5,8-9,11,13H,2-3,6-7H2,1H3. The molecule has 0 heterocycles. The number of hydrogen-bond acceptors (Lipinski definition) is 3. The number of nitrogens with zero attached hydrogens (tertiary/aromatic N) is 3. The van der Waals surface area contributed by atoms with Gasteiger partial charge in [0, 0.05) is 0 Å². The molecule has 48 heavy (non-hydrogen) atoms. The Morgan fingerprint density at radius 1 is 0.458 bits per heavy atom. The third-order valence-electron chi connectivity index (χ3n) is 10.8. The first-order chi connectivity index (χ1) is 23.1. The molecule has 3 saturated carbocycles. The van der Waals surface area contributed by atoms with Crippen LogP contribution >= 0.6 is 0 Å². The van der Waals surface area contributed by atoms with Crippen molar-refractivity contribution in [1.29, 1.82) is 15.8 Å². The first kappa shape index (κ1) is 36.8. The third kappa shape index (κ3) is 10.2. The Kier molecular flexibility index (Phi) is 13.7. The van der Waals surface area contributed by atoms with Crippen LogP contribution in [0, 0.1) is 69.2 Å². The highest BCUT2D eigenvalue weighted by molar-refractivity contribution is 5.37. The molecule has 3 aromatic rings. The van der Waals surface area contributed by atoms with Crippen molar-refractivity contribution in [3.05, 3.63) is 105 Å². The van der Waals surface area contributed by atoms with Crippen LogP contribution < -0.4 is 0 Å². The lowest BCUT2D eigenvalue weighted by Gasteiger charge is -2.26. The zero-order valence-corrected chi connectivity index (χ0v) is 28.6. The quantitative estimate of drug-likeness (QED) is 0.283. The van der Waals surface area contributed by atoms with E-state index in [4.69, 9.17) is 15.8 Å². The maximum atomic E-state index is 13.5. The SMILES string of the molecule is CC1CCC(c2cc(F)c(C#N)c(F)c2)CC1.CC1CCC(c2ccc(C#N)c(F)c2)CC1.CC1CCC(c2ccc(C#N)cc2)CC1. The molecule has 0 unspecified atom stereocenters. The van der Waals surface area contributed by atoms with Crippen molar-refractivity contribution in [3.8, 4) is 18.2 Å². The largest absolute Gasteiger partial charge is 0.206 e. The van der Waals surface area contributed by atoms with Gasteiger partial charge in [-0.2, -0.15) is 15.8 Å². The molecule has 3 aliphatic carbocycles. The van der Waals surface area contributed by atoms with Crippen molar-refractivity contribution in [2.24, 2.45) is 17.8 Å². The van der Waals surface area contributed by atoms with Gasteiger partial charge in [-0.25, -0.2) is 13.2 Å². The van der Waals surface area contributed by atoms with Gasteiger partial charge in [-0.1, -0.05) is 77.5 Å². The molecule has 0 atom stereocenters. The molecule has 3 fully saturated rings. The fourth-order valence-electron chi connectivity index (χ4n) is 7.42. The Hall–Kier alpha value is -4.08. The van der Waals surface area contributed by atoms with Crippen molar-refractivity contribution in [2.45, 2.75) is 116 Å². The van der Waals surface area contributed by atoms with Crippen LogP contribution in [-0.4, -0.2) is 0 Å². The molecule has 0 bridgehead atoms. The Bertz CT molecular complexity index is 1580. The summed E-state index contributed by atoms with van der Waals surface area (Å²) in [7, 11) is 0. The van der Waals surface area contributed by atoms with Gasteiger partial charge in [0.2, 0.25) is 0 Å². The number of hydrogen-bond donors (Lipinski definition) is 0. The lowest BCUT2D eigenvalue weighted by molar-refractivity contribution is 0.346. The van der Waals surface area contributed by atoms with Crippen molar-refractivity contribution in [2.75, 3.05) is 0 Å². The first-order valence-corrected chi connectivity index (χ1v) is 17.7. The minimum absolute atomic E-state index is 0.146. The Balaban J connectivity index is 0.000000163. The lowest BCUT2D eigenvalue weighted by Crippen LogP contribution is -2.11. The minimum Gasteiger partial charge on any atom is -0.206 e. The van der Waals surface area contributed by atoms with Crippen molar-refractivity contribution >= 4 is 0 Å². The number of halogens is 3. The molecule has 0 amide bonds.